The van der Waals surface area contributed by atoms with Crippen LogP contribution in [0.5, 0.6) is 5.75 Å². The van der Waals surface area contributed by atoms with E-state index in [-0.39, 0.29) is 11.3 Å². The smallest absolute Gasteiger partial charge is 0.339 e. The van der Waals surface area contributed by atoms with E-state index >= 15 is 0 Å². The van der Waals surface area contributed by atoms with Crippen molar-refractivity contribution < 1.29 is 15.0 Å². The number of halogens is 1. The quantitative estimate of drug-likeness (QED) is 0.639. The van der Waals surface area contributed by atoms with Gasteiger partial charge in [-0.15, -0.1) is 0 Å². The molecule has 64 valence electrons. The number of carboxylic acids is 1. The molecule has 1 aromatic carbocycles. The molecule has 5 heteroatoms. The zero-order chi connectivity index (χ0) is 9.30. The summed E-state index contributed by atoms with van der Waals surface area (Å²) in [6, 6.07) is 2.44. The first kappa shape index (κ1) is 8.86. The summed E-state index contributed by atoms with van der Waals surface area (Å²) in [6.45, 7) is 0. The van der Waals surface area contributed by atoms with Crippen molar-refractivity contribution in [2.75, 3.05) is 5.73 Å². The van der Waals surface area contributed by atoms with Gasteiger partial charge >= 0.3 is 5.97 Å². The molecule has 0 fully saturated rings. The monoisotopic (exact) mass is 231 g/mol. The van der Waals surface area contributed by atoms with Crippen molar-refractivity contribution in [2.45, 2.75) is 0 Å². The van der Waals surface area contributed by atoms with Crippen LogP contribution in [0.1, 0.15) is 10.4 Å². The van der Waals surface area contributed by atoms with Crippen molar-refractivity contribution in [3.05, 3.63) is 22.2 Å². The molecule has 0 atom stereocenters. The molecule has 0 spiro atoms. The van der Waals surface area contributed by atoms with Crippen molar-refractivity contribution in [2.24, 2.45) is 0 Å². The van der Waals surface area contributed by atoms with Gasteiger partial charge in [-0.3, -0.25) is 0 Å². The van der Waals surface area contributed by atoms with Crippen LogP contribution >= 0.6 is 15.9 Å². The van der Waals surface area contributed by atoms with Crippen LogP contribution in [0.25, 0.3) is 0 Å². The zero-order valence-electron chi connectivity index (χ0n) is 5.91. The predicted octanol–water partition coefficient (Wildman–Crippen LogP) is 1.44. The van der Waals surface area contributed by atoms with Crippen LogP contribution < -0.4 is 5.73 Å². The van der Waals surface area contributed by atoms with Crippen LogP contribution in [0, 0.1) is 0 Å². The molecule has 4 N–H and O–H groups in total. The summed E-state index contributed by atoms with van der Waals surface area (Å²) < 4.78 is 0.456. The first-order valence-corrected chi connectivity index (χ1v) is 3.83. The molecule has 0 bridgehead atoms. The van der Waals surface area contributed by atoms with Crippen molar-refractivity contribution in [3.8, 4) is 5.75 Å². The van der Waals surface area contributed by atoms with E-state index in [1.807, 2.05) is 0 Å². The van der Waals surface area contributed by atoms with Gasteiger partial charge in [-0.1, -0.05) is 0 Å². The number of carbonyl (C=O) groups is 1. The van der Waals surface area contributed by atoms with Gasteiger partial charge in [-0.25, -0.2) is 4.79 Å². The molecule has 4 nitrogen and oxygen atoms in total. The lowest BCUT2D eigenvalue weighted by Crippen LogP contribution is -1.98. The van der Waals surface area contributed by atoms with Gasteiger partial charge in [-0.2, -0.15) is 0 Å². The van der Waals surface area contributed by atoms with Gasteiger partial charge in [0.1, 0.15) is 11.3 Å². The van der Waals surface area contributed by atoms with E-state index < -0.39 is 5.97 Å². The maximum atomic E-state index is 10.5. The van der Waals surface area contributed by atoms with Crippen molar-refractivity contribution in [3.63, 3.8) is 0 Å². The lowest BCUT2D eigenvalue weighted by molar-refractivity contribution is 0.0693. The van der Waals surface area contributed by atoms with Crippen LogP contribution in [0.2, 0.25) is 0 Å². The molecule has 0 radical (unpaired) electrons. The van der Waals surface area contributed by atoms with E-state index in [1.54, 1.807) is 0 Å². The second-order valence-electron chi connectivity index (χ2n) is 2.20. The first-order chi connectivity index (χ1) is 5.52. The summed E-state index contributed by atoms with van der Waals surface area (Å²) in [5.74, 6) is -1.52. The summed E-state index contributed by atoms with van der Waals surface area (Å²) in [5, 5.41) is 17.7. The van der Waals surface area contributed by atoms with E-state index in [2.05, 4.69) is 15.9 Å². The molecular weight excluding hydrogens is 226 g/mol. The number of carboxylic acid groups (broad SMARTS) is 1. The fourth-order valence-electron chi connectivity index (χ4n) is 0.749. The Morgan fingerprint density at radius 3 is 2.58 bits per heavy atom. The Morgan fingerprint density at radius 1 is 1.50 bits per heavy atom. The van der Waals surface area contributed by atoms with Gasteiger partial charge in [0, 0.05) is 16.2 Å². The van der Waals surface area contributed by atoms with Crippen molar-refractivity contribution in [1.29, 1.82) is 0 Å². The summed E-state index contributed by atoms with van der Waals surface area (Å²) >= 11 is 3.05. The molecule has 1 aromatic rings. The Hall–Kier alpha value is -1.23. The van der Waals surface area contributed by atoms with Gasteiger partial charge in [-0.05, 0) is 22.0 Å². The largest absolute Gasteiger partial charge is 0.507 e. The highest BCUT2D eigenvalue weighted by Crippen LogP contribution is 2.27. The average molecular weight is 232 g/mol. The highest BCUT2D eigenvalue weighted by molar-refractivity contribution is 9.10. The summed E-state index contributed by atoms with van der Waals surface area (Å²) in [5.41, 5.74) is 5.52. The fourth-order valence-corrected chi connectivity index (χ4v) is 1.09. The number of anilines is 1. The fraction of sp³-hybridized carbons (Fsp3) is 0. The number of nitrogens with two attached hydrogens (primary N) is 1. The van der Waals surface area contributed by atoms with Gasteiger partial charge < -0.3 is 15.9 Å². The number of aromatic hydroxyl groups is 1. The molecular formula is C7H6BrNO3. The third-order valence-electron chi connectivity index (χ3n) is 1.35. The Labute approximate surface area is 76.8 Å². The summed E-state index contributed by atoms with van der Waals surface area (Å²) in [7, 11) is 0. The van der Waals surface area contributed by atoms with E-state index in [9.17, 15) is 4.79 Å². The minimum Gasteiger partial charge on any atom is -0.507 e. The molecule has 0 unspecified atom stereocenters. The van der Waals surface area contributed by atoms with Crippen molar-refractivity contribution in [1.82, 2.24) is 0 Å². The minimum atomic E-state index is -1.19. The third-order valence-corrected chi connectivity index (χ3v) is 2.03. The third kappa shape index (κ3) is 1.50. The van der Waals surface area contributed by atoms with Crippen molar-refractivity contribution >= 4 is 27.6 Å². The average Bonchev–Trinajstić information content (AvgIpc) is 1.96. The molecule has 0 aliphatic rings. The van der Waals surface area contributed by atoms with Crippen LogP contribution in [-0.4, -0.2) is 16.2 Å². The lowest BCUT2D eigenvalue weighted by Gasteiger charge is -2.02. The molecule has 0 saturated heterocycles. The highest BCUT2D eigenvalue weighted by atomic mass is 79.9. The Morgan fingerprint density at radius 2 is 2.08 bits per heavy atom. The number of hydrogen-bond acceptors (Lipinski definition) is 3. The standard InChI is InChI=1S/C7H6BrNO3/c8-4-1-3(7(11)12)6(10)2-5(4)9/h1-2,10H,9H2,(H,11,12). The van der Waals surface area contributed by atoms with Crippen LogP contribution in [-0.2, 0) is 0 Å². The van der Waals surface area contributed by atoms with Gasteiger partial charge in [0.25, 0.3) is 0 Å². The van der Waals surface area contributed by atoms with Crippen LogP contribution in [0.3, 0.4) is 0 Å². The summed E-state index contributed by atoms with van der Waals surface area (Å²) in [6.07, 6.45) is 0. The second-order valence-corrected chi connectivity index (χ2v) is 3.05. The molecule has 0 aliphatic carbocycles. The summed E-state index contributed by atoms with van der Waals surface area (Å²) in [4.78, 5) is 10.5. The van der Waals surface area contributed by atoms with E-state index in [0.717, 1.165) is 0 Å². The lowest BCUT2D eigenvalue weighted by atomic mass is 10.2. The van der Waals surface area contributed by atoms with Gasteiger partial charge in [0.2, 0.25) is 0 Å². The van der Waals surface area contributed by atoms with E-state index in [1.165, 1.54) is 12.1 Å². The molecule has 0 amide bonds. The number of hydrogen-bond donors (Lipinski definition) is 3. The molecule has 0 heterocycles. The number of nitrogen functional groups attached to an aromatic ring is 1. The molecule has 12 heavy (non-hydrogen) atoms. The van der Waals surface area contributed by atoms with E-state index in [0.29, 0.717) is 10.2 Å². The molecule has 0 aromatic heterocycles. The number of aromatic carboxylic acids is 1. The normalized spacial score (nSPS) is 9.75. The maximum absolute atomic E-state index is 10.5. The SMILES string of the molecule is Nc1cc(O)c(C(=O)O)cc1Br. The maximum Gasteiger partial charge on any atom is 0.339 e. The Kier molecular flexibility index (Phi) is 2.23. The highest BCUT2D eigenvalue weighted by Gasteiger charge is 2.11. The van der Waals surface area contributed by atoms with Gasteiger partial charge in [0.05, 0.1) is 0 Å². The molecule has 0 saturated carbocycles. The van der Waals surface area contributed by atoms with Gasteiger partial charge in [0.15, 0.2) is 0 Å². The van der Waals surface area contributed by atoms with E-state index in [4.69, 9.17) is 15.9 Å². The first-order valence-electron chi connectivity index (χ1n) is 3.03. The van der Waals surface area contributed by atoms with Crippen LogP contribution in [0.15, 0.2) is 16.6 Å². The Bertz CT molecular complexity index is 338. The molecule has 0 aliphatic heterocycles. The number of rotatable bonds is 1. The number of phenols is 1. The molecule has 1 rings (SSSR count). The second kappa shape index (κ2) is 3.02. The topological polar surface area (TPSA) is 83.5 Å². The predicted molar refractivity (Wildman–Crippen MR) is 47.2 cm³/mol. The zero-order valence-corrected chi connectivity index (χ0v) is 7.50. The minimum absolute atomic E-state index is 0.170. The Balaban J connectivity index is 3.33. The van der Waals surface area contributed by atoms with Crippen LogP contribution in [0.4, 0.5) is 5.69 Å². The number of benzene rings is 1.